The van der Waals surface area contributed by atoms with Crippen LogP contribution in [0.25, 0.3) is 10.4 Å². The van der Waals surface area contributed by atoms with Crippen molar-refractivity contribution in [2.75, 3.05) is 6.54 Å². The highest BCUT2D eigenvalue weighted by Crippen LogP contribution is 2.22. The van der Waals surface area contributed by atoms with Crippen LogP contribution in [-0.2, 0) is 0 Å². The van der Waals surface area contributed by atoms with Gasteiger partial charge in [-0.05, 0) is 30.7 Å². The molecule has 0 aliphatic heterocycles. The van der Waals surface area contributed by atoms with Gasteiger partial charge in [0.15, 0.2) is 5.78 Å². The van der Waals surface area contributed by atoms with Gasteiger partial charge in [-0.2, -0.15) is 0 Å². The Kier molecular flexibility index (Phi) is 4.79. The number of carbonyl (C=O) groups excluding carboxylic acids is 1. The summed E-state index contributed by atoms with van der Waals surface area (Å²) in [6.07, 6.45) is -2.99. The molecule has 2 unspecified atom stereocenters. The van der Waals surface area contributed by atoms with E-state index < -0.39 is 18.0 Å². The number of aliphatic hydroxyl groups is 2. The summed E-state index contributed by atoms with van der Waals surface area (Å²) in [6, 6.07) is 3.49. The fourth-order valence-corrected chi connectivity index (χ4v) is 1.42. The number of nitrogens with zero attached hydrogens (tertiary/aromatic N) is 3. The first-order valence-corrected chi connectivity index (χ1v) is 5.14. The van der Waals surface area contributed by atoms with E-state index in [1.165, 1.54) is 19.1 Å². The number of carbonyl (C=O) groups is 1. The standard InChI is InChI=1S/C11H12FN3O3/c1-6(16)7-2-3-9(12)8(4-7)11(18)10(17)5-14-15-13/h2-4,10-11,17-18H,5H2,1H3. The van der Waals surface area contributed by atoms with Crippen LogP contribution in [0.5, 0.6) is 0 Å². The molecule has 2 atom stereocenters. The van der Waals surface area contributed by atoms with Crippen molar-refractivity contribution in [1.29, 1.82) is 0 Å². The van der Waals surface area contributed by atoms with Gasteiger partial charge in [0.2, 0.25) is 0 Å². The highest BCUT2D eigenvalue weighted by atomic mass is 19.1. The second kappa shape index (κ2) is 6.11. The van der Waals surface area contributed by atoms with Gasteiger partial charge in [-0.15, -0.1) is 0 Å². The van der Waals surface area contributed by atoms with Gasteiger partial charge in [-0.25, -0.2) is 4.39 Å². The summed E-state index contributed by atoms with van der Waals surface area (Å²) in [5, 5.41) is 22.3. The zero-order valence-corrected chi connectivity index (χ0v) is 9.62. The molecule has 0 aromatic heterocycles. The summed E-state index contributed by atoms with van der Waals surface area (Å²) in [5.41, 5.74) is 8.10. The molecule has 1 rings (SSSR count). The summed E-state index contributed by atoms with van der Waals surface area (Å²) < 4.78 is 13.5. The van der Waals surface area contributed by atoms with Crippen LogP contribution in [0.3, 0.4) is 0 Å². The SMILES string of the molecule is CC(=O)c1ccc(F)c(C(O)C(O)CN=[N+]=[N-])c1. The first kappa shape index (κ1) is 14.1. The lowest BCUT2D eigenvalue weighted by Crippen LogP contribution is -2.22. The van der Waals surface area contributed by atoms with Crippen molar-refractivity contribution >= 4 is 5.78 Å². The lowest BCUT2D eigenvalue weighted by Gasteiger charge is -2.17. The van der Waals surface area contributed by atoms with E-state index in [1.807, 2.05) is 0 Å². The molecular formula is C11H12FN3O3. The van der Waals surface area contributed by atoms with Crippen LogP contribution in [0.1, 0.15) is 28.9 Å². The molecule has 1 aromatic carbocycles. The Labute approximate surface area is 102 Å². The van der Waals surface area contributed by atoms with Crippen LogP contribution in [0.4, 0.5) is 4.39 Å². The molecule has 0 amide bonds. The topological polar surface area (TPSA) is 106 Å². The Bertz CT molecular complexity index is 500. The van der Waals surface area contributed by atoms with Crippen LogP contribution < -0.4 is 0 Å². The minimum absolute atomic E-state index is 0.205. The van der Waals surface area contributed by atoms with E-state index in [2.05, 4.69) is 10.0 Å². The summed E-state index contributed by atoms with van der Waals surface area (Å²) >= 11 is 0. The maximum absolute atomic E-state index is 13.5. The van der Waals surface area contributed by atoms with Crippen LogP contribution >= 0.6 is 0 Å². The average molecular weight is 253 g/mol. The minimum atomic E-state index is -1.56. The van der Waals surface area contributed by atoms with E-state index in [4.69, 9.17) is 5.53 Å². The zero-order valence-electron chi connectivity index (χ0n) is 9.62. The summed E-state index contributed by atoms with van der Waals surface area (Å²) in [6.45, 7) is 0.918. The second-order valence-electron chi connectivity index (χ2n) is 3.72. The molecule has 0 fully saturated rings. The molecule has 1 aromatic rings. The quantitative estimate of drug-likeness (QED) is 0.361. The highest BCUT2D eigenvalue weighted by molar-refractivity contribution is 5.94. The monoisotopic (exact) mass is 253 g/mol. The largest absolute Gasteiger partial charge is 0.390 e. The summed E-state index contributed by atoms with van der Waals surface area (Å²) in [5.74, 6) is -1.03. The Morgan fingerprint density at radius 2 is 2.22 bits per heavy atom. The van der Waals surface area contributed by atoms with Gasteiger partial charge in [0.05, 0.1) is 12.6 Å². The van der Waals surface area contributed by atoms with Gasteiger partial charge < -0.3 is 10.2 Å². The lowest BCUT2D eigenvalue weighted by atomic mass is 10.00. The number of hydrogen-bond acceptors (Lipinski definition) is 4. The van der Waals surface area contributed by atoms with E-state index in [0.717, 1.165) is 6.07 Å². The molecule has 96 valence electrons. The molecule has 0 radical (unpaired) electrons. The second-order valence-corrected chi connectivity index (χ2v) is 3.72. The molecule has 0 heterocycles. The summed E-state index contributed by atoms with van der Waals surface area (Å²) in [4.78, 5) is 13.6. The molecule has 6 nitrogen and oxygen atoms in total. The van der Waals surface area contributed by atoms with Gasteiger partial charge in [0, 0.05) is 16.0 Å². The number of ketones is 1. The molecular weight excluding hydrogens is 241 g/mol. The van der Waals surface area contributed by atoms with Gasteiger partial charge in [0.25, 0.3) is 0 Å². The van der Waals surface area contributed by atoms with E-state index in [1.54, 1.807) is 0 Å². The average Bonchev–Trinajstić information content (AvgIpc) is 2.35. The Morgan fingerprint density at radius 3 is 2.78 bits per heavy atom. The van der Waals surface area contributed by atoms with Gasteiger partial charge in [-0.1, -0.05) is 5.11 Å². The first-order valence-electron chi connectivity index (χ1n) is 5.14. The van der Waals surface area contributed by atoms with Crippen LogP contribution in [0.15, 0.2) is 23.3 Å². The minimum Gasteiger partial charge on any atom is -0.390 e. The predicted molar refractivity (Wildman–Crippen MR) is 61.4 cm³/mol. The van der Waals surface area contributed by atoms with Crippen molar-refractivity contribution in [3.05, 3.63) is 45.6 Å². The Hall–Kier alpha value is -1.95. The number of rotatable bonds is 5. The van der Waals surface area contributed by atoms with E-state index >= 15 is 0 Å². The molecule has 2 N–H and O–H groups in total. The van der Waals surface area contributed by atoms with Gasteiger partial charge in [-0.3, -0.25) is 4.79 Å². The van der Waals surface area contributed by atoms with E-state index in [9.17, 15) is 19.4 Å². The number of benzene rings is 1. The molecule has 0 aliphatic rings. The van der Waals surface area contributed by atoms with Crippen molar-refractivity contribution in [3.63, 3.8) is 0 Å². The zero-order chi connectivity index (χ0) is 13.7. The van der Waals surface area contributed by atoms with Crippen LogP contribution in [0.2, 0.25) is 0 Å². The van der Waals surface area contributed by atoms with Crippen molar-refractivity contribution in [3.8, 4) is 0 Å². The third-order valence-electron chi connectivity index (χ3n) is 2.42. The molecule has 0 aliphatic carbocycles. The smallest absolute Gasteiger partial charge is 0.159 e. The fraction of sp³-hybridized carbons (Fsp3) is 0.364. The number of azide groups is 1. The molecule has 0 saturated carbocycles. The lowest BCUT2D eigenvalue weighted by molar-refractivity contribution is 0.0222. The fourth-order valence-electron chi connectivity index (χ4n) is 1.42. The van der Waals surface area contributed by atoms with E-state index in [-0.39, 0.29) is 23.5 Å². The maximum Gasteiger partial charge on any atom is 0.159 e. The number of Topliss-reactive ketones (excluding diaryl/α,β-unsaturated/α-hetero) is 1. The Balaban J connectivity index is 3.03. The molecule has 18 heavy (non-hydrogen) atoms. The predicted octanol–water partition coefficient (Wildman–Crippen LogP) is 1.73. The van der Waals surface area contributed by atoms with Crippen molar-refractivity contribution in [2.45, 2.75) is 19.1 Å². The number of aliphatic hydroxyl groups excluding tert-OH is 2. The molecule has 0 spiro atoms. The number of halogens is 1. The summed E-state index contributed by atoms with van der Waals surface area (Å²) in [7, 11) is 0. The molecule has 0 bridgehead atoms. The number of hydrogen-bond donors (Lipinski definition) is 2. The van der Waals surface area contributed by atoms with Crippen molar-refractivity contribution in [1.82, 2.24) is 0 Å². The van der Waals surface area contributed by atoms with Crippen molar-refractivity contribution in [2.24, 2.45) is 5.11 Å². The van der Waals surface area contributed by atoms with Gasteiger partial charge in [0.1, 0.15) is 11.9 Å². The first-order chi connectivity index (χ1) is 8.47. The van der Waals surface area contributed by atoms with Gasteiger partial charge >= 0.3 is 0 Å². The third kappa shape index (κ3) is 3.27. The highest BCUT2D eigenvalue weighted by Gasteiger charge is 2.21. The van der Waals surface area contributed by atoms with Crippen LogP contribution in [-0.4, -0.2) is 28.6 Å². The van der Waals surface area contributed by atoms with Crippen LogP contribution in [0, 0.1) is 5.82 Å². The maximum atomic E-state index is 13.5. The molecule has 0 saturated heterocycles. The third-order valence-corrected chi connectivity index (χ3v) is 2.42. The molecule has 7 heteroatoms. The normalized spacial score (nSPS) is 13.6. The van der Waals surface area contributed by atoms with E-state index in [0.29, 0.717) is 0 Å². The Morgan fingerprint density at radius 1 is 1.56 bits per heavy atom. The van der Waals surface area contributed by atoms with Crippen molar-refractivity contribution < 1.29 is 19.4 Å².